The molecule has 1 amide bonds. The average Bonchev–Trinajstić information content (AvgIpc) is 3.26. The van der Waals surface area contributed by atoms with E-state index in [1.807, 2.05) is 18.2 Å². The standard InChI is InChI=1S/C19H16FN3O3/c1-12-16(10-22-23(12)15-5-3-14(20)4-6-15)19(24)21-9-13-2-7-17-18(8-13)26-11-25-17/h2-8,10H,9,11H2,1H3,(H,21,24). The van der Waals surface area contributed by atoms with Gasteiger partial charge in [0, 0.05) is 6.54 Å². The monoisotopic (exact) mass is 353 g/mol. The van der Waals surface area contributed by atoms with Crippen LogP contribution in [-0.2, 0) is 6.54 Å². The molecular formula is C19H16FN3O3. The Balaban J connectivity index is 1.47. The number of aromatic nitrogens is 2. The minimum atomic E-state index is -0.319. The van der Waals surface area contributed by atoms with E-state index >= 15 is 0 Å². The van der Waals surface area contributed by atoms with Crippen molar-refractivity contribution in [3.05, 3.63) is 71.3 Å². The van der Waals surface area contributed by atoms with Gasteiger partial charge >= 0.3 is 0 Å². The molecule has 0 aliphatic carbocycles. The molecule has 0 atom stereocenters. The minimum Gasteiger partial charge on any atom is -0.454 e. The number of ether oxygens (including phenoxy) is 2. The largest absolute Gasteiger partial charge is 0.454 e. The number of nitrogens with zero attached hydrogens (tertiary/aromatic N) is 2. The van der Waals surface area contributed by atoms with Gasteiger partial charge < -0.3 is 14.8 Å². The highest BCUT2D eigenvalue weighted by molar-refractivity contribution is 5.95. The van der Waals surface area contributed by atoms with Crippen molar-refractivity contribution in [1.29, 1.82) is 0 Å². The van der Waals surface area contributed by atoms with Crippen LogP contribution in [0.2, 0.25) is 0 Å². The Bertz CT molecular complexity index is 967. The summed E-state index contributed by atoms with van der Waals surface area (Å²) in [5.41, 5.74) is 2.75. The van der Waals surface area contributed by atoms with Gasteiger partial charge in [-0.2, -0.15) is 5.10 Å². The van der Waals surface area contributed by atoms with Crippen LogP contribution >= 0.6 is 0 Å². The molecule has 0 saturated carbocycles. The zero-order valence-corrected chi connectivity index (χ0v) is 14.0. The van der Waals surface area contributed by atoms with Gasteiger partial charge in [-0.05, 0) is 48.9 Å². The fraction of sp³-hybridized carbons (Fsp3) is 0.158. The van der Waals surface area contributed by atoms with Crippen molar-refractivity contribution < 1.29 is 18.7 Å². The molecule has 0 saturated heterocycles. The van der Waals surface area contributed by atoms with Gasteiger partial charge in [0.25, 0.3) is 5.91 Å². The second-order valence-electron chi connectivity index (χ2n) is 5.90. The lowest BCUT2D eigenvalue weighted by Gasteiger charge is -2.07. The van der Waals surface area contributed by atoms with Crippen LogP contribution < -0.4 is 14.8 Å². The summed E-state index contributed by atoms with van der Waals surface area (Å²) in [6, 6.07) is 11.5. The van der Waals surface area contributed by atoms with Gasteiger partial charge in [0.1, 0.15) is 5.82 Å². The first-order valence-corrected chi connectivity index (χ1v) is 8.09. The highest BCUT2D eigenvalue weighted by atomic mass is 19.1. The molecule has 0 spiro atoms. The number of rotatable bonds is 4. The number of carbonyl (C=O) groups is 1. The Hall–Kier alpha value is -3.35. The van der Waals surface area contributed by atoms with Gasteiger partial charge in [0.05, 0.1) is 23.1 Å². The first-order valence-electron chi connectivity index (χ1n) is 8.09. The Labute approximate surface area is 149 Å². The smallest absolute Gasteiger partial charge is 0.255 e. The zero-order chi connectivity index (χ0) is 18.1. The minimum absolute atomic E-state index is 0.215. The summed E-state index contributed by atoms with van der Waals surface area (Å²) in [5.74, 6) is 0.835. The maximum atomic E-state index is 13.1. The van der Waals surface area contributed by atoms with Crippen molar-refractivity contribution in [3.63, 3.8) is 0 Å². The van der Waals surface area contributed by atoms with Crippen LogP contribution in [0.5, 0.6) is 11.5 Å². The van der Waals surface area contributed by atoms with E-state index in [0.29, 0.717) is 35.0 Å². The normalized spacial score (nSPS) is 12.2. The molecule has 2 aromatic carbocycles. The fourth-order valence-electron chi connectivity index (χ4n) is 2.80. The summed E-state index contributed by atoms with van der Waals surface area (Å²) in [6.07, 6.45) is 1.51. The lowest BCUT2D eigenvalue weighted by molar-refractivity contribution is 0.0950. The molecule has 3 aromatic rings. The van der Waals surface area contributed by atoms with Crippen molar-refractivity contribution in [3.8, 4) is 17.2 Å². The second kappa shape index (κ2) is 6.51. The van der Waals surface area contributed by atoms with Gasteiger partial charge in [-0.3, -0.25) is 4.79 Å². The Morgan fingerprint density at radius 1 is 1.19 bits per heavy atom. The number of amides is 1. The maximum absolute atomic E-state index is 13.1. The molecule has 0 fully saturated rings. The molecule has 0 unspecified atom stereocenters. The third kappa shape index (κ3) is 2.99. The predicted molar refractivity (Wildman–Crippen MR) is 92.0 cm³/mol. The summed E-state index contributed by atoms with van der Waals surface area (Å²) in [6.45, 7) is 2.37. The fourth-order valence-corrected chi connectivity index (χ4v) is 2.80. The van der Waals surface area contributed by atoms with Crippen LogP contribution in [0.15, 0.2) is 48.7 Å². The number of halogens is 1. The molecule has 4 rings (SSSR count). The number of hydrogen-bond donors (Lipinski definition) is 1. The zero-order valence-electron chi connectivity index (χ0n) is 14.0. The highest BCUT2D eigenvalue weighted by Crippen LogP contribution is 2.32. The molecular weight excluding hydrogens is 337 g/mol. The molecule has 132 valence electrons. The summed E-state index contributed by atoms with van der Waals surface area (Å²) in [4.78, 5) is 12.5. The lowest BCUT2D eigenvalue weighted by atomic mass is 10.2. The van der Waals surface area contributed by atoms with Crippen LogP contribution in [0.1, 0.15) is 21.6 Å². The van der Waals surface area contributed by atoms with E-state index in [0.717, 1.165) is 5.56 Å². The lowest BCUT2D eigenvalue weighted by Crippen LogP contribution is -2.23. The van der Waals surface area contributed by atoms with E-state index in [9.17, 15) is 9.18 Å². The van der Waals surface area contributed by atoms with E-state index in [2.05, 4.69) is 10.4 Å². The van der Waals surface area contributed by atoms with Crippen LogP contribution in [-0.4, -0.2) is 22.5 Å². The summed E-state index contributed by atoms with van der Waals surface area (Å²) >= 11 is 0. The summed E-state index contributed by atoms with van der Waals surface area (Å²) < 4.78 is 25.3. The Morgan fingerprint density at radius 3 is 2.77 bits per heavy atom. The van der Waals surface area contributed by atoms with Crippen molar-refractivity contribution in [2.75, 3.05) is 6.79 Å². The third-order valence-corrected chi connectivity index (χ3v) is 4.22. The van der Waals surface area contributed by atoms with Gasteiger partial charge in [-0.25, -0.2) is 9.07 Å². The molecule has 7 heteroatoms. The maximum Gasteiger partial charge on any atom is 0.255 e. The van der Waals surface area contributed by atoms with Crippen LogP contribution in [0.3, 0.4) is 0 Å². The number of carbonyl (C=O) groups excluding carboxylic acids is 1. The Kier molecular flexibility index (Phi) is 4.04. The molecule has 1 N–H and O–H groups in total. The number of fused-ring (bicyclic) bond motifs is 1. The van der Waals surface area contributed by atoms with Crippen molar-refractivity contribution in [1.82, 2.24) is 15.1 Å². The van der Waals surface area contributed by atoms with E-state index in [4.69, 9.17) is 9.47 Å². The third-order valence-electron chi connectivity index (χ3n) is 4.22. The SMILES string of the molecule is Cc1c(C(=O)NCc2ccc3c(c2)OCO3)cnn1-c1ccc(F)cc1. The predicted octanol–water partition coefficient (Wildman–Crippen LogP) is 2.98. The summed E-state index contributed by atoms with van der Waals surface area (Å²) in [5, 5.41) is 7.11. The van der Waals surface area contributed by atoms with Crippen LogP contribution in [0.4, 0.5) is 4.39 Å². The highest BCUT2D eigenvalue weighted by Gasteiger charge is 2.16. The number of nitrogens with one attached hydrogen (secondary N) is 1. The van der Waals surface area contributed by atoms with Crippen molar-refractivity contribution >= 4 is 5.91 Å². The van der Waals surface area contributed by atoms with E-state index in [1.165, 1.54) is 18.3 Å². The molecule has 6 nitrogen and oxygen atoms in total. The second-order valence-corrected chi connectivity index (χ2v) is 5.90. The van der Waals surface area contributed by atoms with Crippen molar-refractivity contribution in [2.45, 2.75) is 13.5 Å². The molecule has 0 radical (unpaired) electrons. The Morgan fingerprint density at radius 2 is 1.96 bits per heavy atom. The molecule has 2 heterocycles. The van der Waals surface area contributed by atoms with Crippen LogP contribution in [0.25, 0.3) is 5.69 Å². The first kappa shape index (κ1) is 16.1. The van der Waals surface area contributed by atoms with Gasteiger partial charge in [0.2, 0.25) is 6.79 Å². The van der Waals surface area contributed by atoms with Gasteiger partial charge in [-0.15, -0.1) is 0 Å². The van der Waals surface area contributed by atoms with Gasteiger partial charge in [-0.1, -0.05) is 6.07 Å². The number of hydrogen-bond acceptors (Lipinski definition) is 4. The molecule has 1 aliphatic rings. The average molecular weight is 353 g/mol. The molecule has 1 aromatic heterocycles. The molecule has 1 aliphatic heterocycles. The molecule has 26 heavy (non-hydrogen) atoms. The van der Waals surface area contributed by atoms with Crippen LogP contribution in [0, 0.1) is 12.7 Å². The first-order chi connectivity index (χ1) is 12.6. The van der Waals surface area contributed by atoms with E-state index < -0.39 is 0 Å². The van der Waals surface area contributed by atoms with E-state index in [1.54, 1.807) is 23.7 Å². The number of benzene rings is 2. The quantitative estimate of drug-likeness (QED) is 0.783. The van der Waals surface area contributed by atoms with E-state index in [-0.39, 0.29) is 18.5 Å². The van der Waals surface area contributed by atoms with Gasteiger partial charge in [0.15, 0.2) is 11.5 Å². The van der Waals surface area contributed by atoms with Crippen molar-refractivity contribution in [2.24, 2.45) is 0 Å². The molecule has 0 bridgehead atoms. The summed E-state index contributed by atoms with van der Waals surface area (Å²) in [7, 11) is 0. The topological polar surface area (TPSA) is 65.4 Å².